The van der Waals surface area contributed by atoms with Gasteiger partial charge in [-0.3, -0.25) is 0 Å². The molecule has 0 N–H and O–H groups in total. The Morgan fingerprint density at radius 3 is 2.42 bits per heavy atom. The summed E-state index contributed by atoms with van der Waals surface area (Å²) in [7, 11) is 0. The smallest absolute Gasteiger partial charge is 0.410 e. The van der Waals surface area contributed by atoms with Gasteiger partial charge in [0.25, 0.3) is 0 Å². The first-order valence-corrected chi connectivity index (χ1v) is 9.25. The van der Waals surface area contributed by atoms with E-state index in [-0.39, 0.29) is 6.09 Å². The Bertz CT molecular complexity index is 706. The zero-order valence-corrected chi connectivity index (χ0v) is 16.5. The summed E-state index contributed by atoms with van der Waals surface area (Å²) in [6.07, 6.45) is 1.76. The number of fused-ring (bicyclic) bond motifs is 1. The third kappa shape index (κ3) is 4.97. The Morgan fingerprint density at radius 2 is 1.79 bits per heavy atom. The largest absolute Gasteiger partial charge is 0.444 e. The topological polar surface area (TPSA) is 29.5 Å². The van der Waals surface area contributed by atoms with Gasteiger partial charge in [-0.1, -0.05) is 59.6 Å². The van der Waals surface area contributed by atoms with Crippen molar-refractivity contribution < 1.29 is 9.53 Å². The summed E-state index contributed by atoms with van der Waals surface area (Å²) in [5.74, 6) is 0. The van der Waals surface area contributed by atoms with Crippen LogP contribution in [0, 0.1) is 0 Å². The second-order valence-corrected chi connectivity index (χ2v) is 7.86. The molecule has 3 nitrogen and oxygen atoms in total. The molecular formula is C20H26BrNO2. The van der Waals surface area contributed by atoms with Gasteiger partial charge in [0.15, 0.2) is 0 Å². The van der Waals surface area contributed by atoms with Crippen molar-refractivity contribution in [1.82, 2.24) is 4.90 Å². The summed E-state index contributed by atoms with van der Waals surface area (Å²) in [5, 5.41) is 2.33. The predicted octanol–water partition coefficient (Wildman–Crippen LogP) is 6.14. The van der Waals surface area contributed by atoms with E-state index in [1.54, 1.807) is 0 Å². The minimum atomic E-state index is -0.483. The van der Waals surface area contributed by atoms with E-state index in [2.05, 4.69) is 41.1 Å². The van der Waals surface area contributed by atoms with Crippen molar-refractivity contribution in [2.45, 2.75) is 52.7 Å². The Labute approximate surface area is 153 Å². The number of carbonyl (C=O) groups is 1. The van der Waals surface area contributed by atoms with E-state index in [4.69, 9.17) is 4.74 Å². The lowest BCUT2D eigenvalue weighted by atomic mass is 10.0. The molecule has 0 bridgehead atoms. The average Bonchev–Trinajstić information content (AvgIpc) is 2.52. The van der Waals surface area contributed by atoms with Crippen LogP contribution in [0.4, 0.5) is 4.79 Å². The van der Waals surface area contributed by atoms with Crippen LogP contribution in [0.3, 0.4) is 0 Å². The van der Waals surface area contributed by atoms with Crippen LogP contribution < -0.4 is 0 Å². The Balaban J connectivity index is 2.29. The monoisotopic (exact) mass is 391 g/mol. The van der Waals surface area contributed by atoms with E-state index in [1.165, 1.54) is 0 Å². The molecular weight excluding hydrogens is 366 g/mol. The summed E-state index contributed by atoms with van der Waals surface area (Å²) in [5.41, 5.74) is 0.652. The lowest BCUT2D eigenvalue weighted by Gasteiger charge is -2.28. The summed E-state index contributed by atoms with van der Waals surface area (Å²) < 4.78 is 6.65. The van der Waals surface area contributed by atoms with Crippen LogP contribution in [0.5, 0.6) is 0 Å². The van der Waals surface area contributed by atoms with E-state index in [0.717, 1.165) is 33.7 Å². The molecule has 0 aliphatic heterocycles. The molecule has 2 rings (SSSR count). The lowest BCUT2D eigenvalue weighted by molar-refractivity contribution is 0.0232. The fourth-order valence-corrected chi connectivity index (χ4v) is 3.06. The molecule has 0 saturated carbocycles. The molecule has 2 aromatic rings. The van der Waals surface area contributed by atoms with Gasteiger partial charge in [0.2, 0.25) is 0 Å². The van der Waals surface area contributed by atoms with Crippen LogP contribution >= 0.6 is 15.9 Å². The second kappa shape index (κ2) is 8.02. The third-order valence-electron chi connectivity index (χ3n) is 3.76. The number of ether oxygens (including phenoxy) is 1. The van der Waals surface area contributed by atoms with Crippen LogP contribution in [-0.2, 0) is 11.3 Å². The normalized spacial score (nSPS) is 11.5. The summed E-state index contributed by atoms with van der Waals surface area (Å²) in [6, 6.07) is 12.4. The minimum absolute atomic E-state index is 0.247. The molecule has 0 unspecified atom stereocenters. The van der Waals surface area contributed by atoms with Gasteiger partial charge in [0.1, 0.15) is 5.60 Å². The van der Waals surface area contributed by atoms with Crippen molar-refractivity contribution in [3.63, 3.8) is 0 Å². The Kier molecular flexibility index (Phi) is 6.27. The van der Waals surface area contributed by atoms with Gasteiger partial charge in [-0.2, -0.15) is 0 Å². The number of amides is 1. The summed E-state index contributed by atoms with van der Waals surface area (Å²) in [4.78, 5) is 14.4. The zero-order valence-electron chi connectivity index (χ0n) is 14.9. The predicted molar refractivity (Wildman–Crippen MR) is 103 cm³/mol. The highest BCUT2D eigenvalue weighted by molar-refractivity contribution is 9.10. The fraction of sp³-hybridized carbons (Fsp3) is 0.450. The van der Waals surface area contributed by atoms with Gasteiger partial charge in [-0.25, -0.2) is 4.79 Å². The number of unbranched alkanes of at least 4 members (excludes halogenated alkanes) is 1. The molecule has 0 radical (unpaired) electrons. The summed E-state index contributed by atoms with van der Waals surface area (Å²) in [6.45, 7) is 9.09. The zero-order chi connectivity index (χ0) is 17.7. The molecule has 24 heavy (non-hydrogen) atoms. The standard InChI is InChI=1S/C20H26BrNO2/c1-5-6-13-22(19(23)24-20(2,3)4)14-15-11-12-18(21)17-10-8-7-9-16(15)17/h7-12H,5-6,13-14H2,1-4H3. The molecule has 0 spiro atoms. The summed E-state index contributed by atoms with van der Waals surface area (Å²) >= 11 is 3.60. The molecule has 4 heteroatoms. The van der Waals surface area contributed by atoms with E-state index in [0.29, 0.717) is 13.1 Å². The highest BCUT2D eigenvalue weighted by Crippen LogP contribution is 2.28. The fourth-order valence-electron chi connectivity index (χ4n) is 2.58. The van der Waals surface area contributed by atoms with Crippen LogP contribution in [-0.4, -0.2) is 23.1 Å². The highest BCUT2D eigenvalue weighted by Gasteiger charge is 2.22. The number of carbonyl (C=O) groups excluding carboxylic acids is 1. The van der Waals surface area contributed by atoms with Crippen LogP contribution in [0.1, 0.15) is 46.1 Å². The molecule has 0 aliphatic rings. The maximum absolute atomic E-state index is 12.6. The van der Waals surface area contributed by atoms with Crippen molar-refractivity contribution in [2.75, 3.05) is 6.54 Å². The van der Waals surface area contributed by atoms with Gasteiger partial charge in [0, 0.05) is 17.6 Å². The number of rotatable bonds is 5. The Hall–Kier alpha value is -1.55. The van der Waals surface area contributed by atoms with Crippen LogP contribution in [0.2, 0.25) is 0 Å². The number of hydrogen-bond donors (Lipinski definition) is 0. The van der Waals surface area contributed by atoms with Crippen LogP contribution in [0.25, 0.3) is 10.8 Å². The van der Waals surface area contributed by atoms with Gasteiger partial charge < -0.3 is 9.64 Å². The van der Waals surface area contributed by atoms with Gasteiger partial charge in [-0.15, -0.1) is 0 Å². The molecule has 0 atom stereocenters. The molecule has 130 valence electrons. The maximum Gasteiger partial charge on any atom is 0.410 e. The molecule has 0 heterocycles. The first-order valence-electron chi connectivity index (χ1n) is 8.46. The van der Waals surface area contributed by atoms with Gasteiger partial charge in [0.05, 0.1) is 0 Å². The second-order valence-electron chi connectivity index (χ2n) is 7.01. The molecule has 0 aliphatic carbocycles. The number of halogens is 1. The number of benzene rings is 2. The van der Waals surface area contributed by atoms with E-state index in [1.807, 2.05) is 43.9 Å². The first kappa shape index (κ1) is 18.8. The molecule has 2 aromatic carbocycles. The van der Waals surface area contributed by atoms with Crippen molar-refractivity contribution in [1.29, 1.82) is 0 Å². The lowest BCUT2D eigenvalue weighted by Crippen LogP contribution is -2.37. The highest BCUT2D eigenvalue weighted by atomic mass is 79.9. The SMILES string of the molecule is CCCCN(Cc1ccc(Br)c2ccccc12)C(=O)OC(C)(C)C. The first-order chi connectivity index (χ1) is 11.3. The van der Waals surface area contributed by atoms with E-state index < -0.39 is 5.60 Å². The molecule has 1 amide bonds. The van der Waals surface area contributed by atoms with Gasteiger partial charge in [-0.05, 0) is 49.6 Å². The van der Waals surface area contributed by atoms with Crippen molar-refractivity contribution in [2.24, 2.45) is 0 Å². The van der Waals surface area contributed by atoms with Crippen molar-refractivity contribution in [3.8, 4) is 0 Å². The molecule has 0 aromatic heterocycles. The maximum atomic E-state index is 12.6. The molecule has 0 fully saturated rings. The average molecular weight is 392 g/mol. The van der Waals surface area contributed by atoms with Crippen LogP contribution in [0.15, 0.2) is 40.9 Å². The minimum Gasteiger partial charge on any atom is -0.444 e. The van der Waals surface area contributed by atoms with E-state index >= 15 is 0 Å². The third-order valence-corrected chi connectivity index (χ3v) is 4.45. The molecule has 0 saturated heterocycles. The Morgan fingerprint density at radius 1 is 1.12 bits per heavy atom. The quantitative estimate of drug-likeness (QED) is 0.612. The van der Waals surface area contributed by atoms with Gasteiger partial charge >= 0.3 is 6.09 Å². The number of hydrogen-bond acceptors (Lipinski definition) is 2. The van der Waals surface area contributed by atoms with Crippen molar-refractivity contribution >= 4 is 32.8 Å². The number of nitrogens with zero attached hydrogens (tertiary/aromatic N) is 1. The van der Waals surface area contributed by atoms with Crippen molar-refractivity contribution in [3.05, 3.63) is 46.4 Å². The van der Waals surface area contributed by atoms with E-state index in [9.17, 15) is 4.79 Å².